The van der Waals surface area contributed by atoms with Gasteiger partial charge in [0.25, 0.3) is 0 Å². The standard InChI is InChI=1S/C28H26N2/c1-5-13-21(14-6-1)25-26(22-15-7-2-8-16-22)30-28(24-19-11-4-12-20-24)27(29-25)23-17-9-3-10-18-23/h1-20,25-30H. The van der Waals surface area contributed by atoms with Crippen LogP contribution in [0.1, 0.15) is 46.4 Å². The van der Waals surface area contributed by atoms with Crippen molar-refractivity contribution in [3.63, 3.8) is 0 Å². The van der Waals surface area contributed by atoms with Crippen molar-refractivity contribution in [1.29, 1.82) is 0 Å². The third kappa shape index (κ3) is 3.80. The predicted octanol–water partition coefficient (Wildman–Crippen LogP) is 6.14. The molecule has 0 amide bonds. The van der Waals surface area contributed by atoms with Gasteiger partial charge in [0, 0.05) is 0 Å². The van der Waals surface area contributed by atoms with Gasteiger partial charge in [-0.1, -0.05) is 121 Å². The van der Waals surface area contributed by atoms with Crippen molar-refractivity contribution >= 4 is 0 Å². The molecule has 0 aliphatic carbocycles. The van der Waals surface area contributed by atoms with Gasteiger partial charge in [0.15, 0.2) is 0 Å². The first-order chi connectivity index (χ1) is 14.9. The Morgan fingerprint density at radius 1 is 0.300 bits per heavy atom. The van der Waals surface area contributed by atoms with Gasteiger partial charge in [-0.3, -0.25) is 10.6 Å². The quantitative estimate of drug-likeness (QED) is 0.437. The Kier molecular flexibility index (Phi) is 5.43. The van der Waals surface area contributed by atoms with E-state index < -0.39 is 0 Å². The summed E-state index contributed by atoms with van der Waals surface area (Å²) < 4.78 is 0. The van der Waals surface area contributed by atoms with Crippen LogP contribution in [0.15, 0.2) is 121 Å². The Hall–Kier alpha value is -3.20. The van der Waals surface area contributed by atoms with E-state index in [9.17, 15) is 0 Å². The van der Waals surface area contributed by atoms with Crippen LogP contribution in [0.5, 0.6) is 0 Å². The highest BCUT2D eigenvalue weighted by molar-refractivity contribution is 5.35. The minimum absolute atomic E-state index is 0.166. The van der Waals surface area contributed by atoms with Crippen LogP contribution in [-0.2, 0) is 0 Å². The molecule has 4 atom stereocenters. The van der Waals surface area contributed by atoms with Crippen molar-refractivity contribution in [2.24, 2.45) is 0 Å². The normalized spacial score (nSPS) is 23.7. The highest BCUT2D eigenvalue weighted by atomic mass is 15.2. The second-order valence-electron chi connectivity index (χ2n) is 7.89. The van der Waals surface area contributed by atoms with Gasteiger partial charge in [0.05, 0.1) is 24.2 Å². The number of nitrogens with one attached hydrogen (secondary N) is 2. The summed E-state index contributed by atoms with van der Waals surface area (Å²) in [6, 6.07) is 43.8. The fourth-order valence-corrected chi connectivity index (χ4v) is 4.57. The van der Waals surface area contributed by atoms with Gasteiger partial charge >= 0.3 is 0 Å². The zero-order valence-corrected chi connectivity index (χ0v) is 16.9. The average Bonchev–Trinajstić information content (AvgIpc) is 2.85. The van der Waals surface area contributed by atoms with Crippen molar-refractivity contribution in [3.8, 4) is 0 Å². The molecule has 1 aliphatic heterocycles. The summed E-state index contributed by atoms with van der Waals surface area (Å²) in [6.45, 7) is 0. The van der Waals surface area contributed by atoms with Gasteiger partial charge < -0.3 is 0 Å². The van der Waals surface area contributed by atoms with E-state index in [1.54, 1.807) is 0 Å². The molecule has 1 fully saturated rings. The molecule has 2 nitrogen and oxygen atoms in total. The van der Waals surface area contributed by atoms with Crippen LogP contribution in [0, 0.1) is 0 Å². The summed E-state index contributed by atoms with van der Waals surface area (Å²) in [6.07, 6.45) is 0. The summed E-state index contributed by atoms with van der Waals surface area (Å²) in [5, 5.41) is 8.04. The second-order valence-corrected chi connectivity index (χ2v) is 7.89. The lowest BCUT2D eigenvalue weighted by Gasteiger charge is -2.45. The Morgan fingerprint density at radius 2 is 0.500 bits per heavy atom. The van der Waals surface area contributed by atoms with E-state index >= 15 is 0 Å². The first-order valence-corrected chi connectivity index (χ1v) is 10.6. The average molecular weight is 391 g/mol. The van der Waals surface area contributed by atoms with Gasteiger partial charge in [-0.25, -0.2) is 0 Å². The van der Waals surface area contributed by atoms with Gasteiger partial charge in [-0.15, -0.1) is 0 Å². The Bertz CT molecular complexity index is 873. The molecular formula is C28H26N2. The third-order valence-electron chi connectivity index (χ3n) is 6.02. The smallest absolute Gasteiger partial charge is 0.0523 e. The van der Waals surface area contributed by atoms with Crippen molar-refractivity contribution in [2.45, 2.75) is 24.2 Å². The summed E-state index contributed by atoms with van der Waals surface area (Å²) >= 11 is 0. The molecule has 1 aliphatic rings. The first kappa shape index (κ1) is 18.8. The lowest BCUT2D eigenvalue weighted by molar-refractivity contribution is 0.212. The molecule has 5 rings (SSSR count). The monoisotopic (exact) mass is 390 g/mol. The van der Waals surface area contributed by atoms with Crippen LogP contribution >= 0.6 is 0 Å². The molecule has 2 N–H and O–H groups in total. The molecule has 4 aromatic rings. The van der Waals surface area contributed by atoms with E-state index in [0.29, 0.717) is 0 Å². The van der Waals surface area contributed by atoms with Crippen molar-refractivity contribution < 1.29 is 0 Å². The molecule has 0 bridgehead atoms. The number of benzene rings is 4. The van der Waals surface area contributed by atoms with E-state index in [0.717, 1.165) is 0 Å². The lowest BCUT2D eigenvalue weighted by atomic mass is 9.83. The SMILES string of the molecule is c1ccc(C2NC(c3ccccc3)C(c3ccccc3)NC2c2ccccc2)cc1. The van der Waals surface area contributed by atoms with Gasteiger partial charge in [-0.2, -0.15) is 0 Å². The number of hydrogen-bond acceptors (Lipinski definition) is 2. The summed E-state index contributed by atoms with van der Waals surface area (Å²) in [5.74, 6) is 0. The molecule has 30 heavy (non-hydrogen) atoms. The highest BCUT2D eigenvalue weighted by Crippen LogP contribution is 2.42. The molecule has 0 spiro atoms. The maximum Gasteiger partial charge on any atom is 0.0523 e. The zero-order chi connectivity index (χ0) is 20.2. The van der Waals surface area contributed by atoms with Gasteiger partial charge in [-0.05, 0) is 22.3 Å². The molecule has 4 aromatic carbocycles. The Labute approximate surface area is 178 Å². The summed E-state index contributed by atoms with van der Waals surface area (Å²) in [7, 11) is 0. The van der Waals surface area contributed by atoms with E-state index in [1.165, 1.54) is 22.3 Å². The van der Waals surface area contributed by atoms with Crippen molar-refractivity contribution in [1.82, 2.24) is 10.6 Å². The molecule has 2 heteroatoms. The lowest BCUT2D eigenvalue weighted by Crippen LogP contribution is -2.49. The molecule has 0 aromatic heterocycles. The minimum atomic E-state index is 0.166. The fourth-order valence-electron chi connectivity index (χ4n) is 4.57. The van der Waals surface area contributed by atoms with Crippen molar-refractivity contribution in [2.75, 3.05) is 0 Å². The van der Waals surface area contributed by atoms with Gasteiger partial charge in [0.2, 0.25) is 0 Å². The molecular weight excluding hydrogens is 364 g/mol. The third-order valence-corrected chi connectivity index (χ3v) is 6.02. The van der Waals surface area contributed by atoms with E-state index in [2.05, 4.69) is 132 Å². The number of piperazine rings is 1. The van der Waals surface area contributed by atoms with Crippen LogP contribution in [-0.4, -0.2) is 0 Å². The highest BCUT2D eigenvalue weighted by Gasteiger charge is 2.38. The largest absolute Gasteiger partial charge is 0.300 e. The fraction of sp³-hybridized carbons (Fsp3) is 0.143. The molecule has 0 saturated carbocycles. The van der Waals surface area contributed by atoms with Crippen molar-refractivity contribution in [3.05, 3.63) is 144 Å². The van der Waals surface area contributed by atoms with Gasteiger partial charge in [0.1, 0.15) is 0 Å². The van der Waals surface area contributed by atoms with Crippen LogP contribution in [0.25, 0.3) is 0 Å². The zero-order valence-electron chi connectivity index (χ0n) is 16.9. The molecule has 0 radical (unpaired) electrons. The predicted molar refractivity (Wildman–Crippen MR) is 123 cm³/mol. The van der Waals surface area contributed by atoms with Crippen LogP contribution in [0.4, 0.5) is 0 Å². The molecule has 1 saturated heterocycles. The minimum Gasteiger partial charge on any atom is -0.300 e. The molecule has 1 heterocycles. The van der Waals surface area contributed by atoms with Crippen LogP contribution in [0.2, 0.25) is 0 Å². The Morgan fingerprint density at radius 3 is 0.700 bits per heavy atom. The topological polar surface area (TPSA) is 24.1 Å². The van der Waals surface area contributed by atoms with E-state index in [-0.39, 0.29) is 24.2 Å². The Balaban J connectivity index is 1.61. The second kappa shape index (κ2) is 8.66. The summed E-state index contributed by atoms with van der Waals surface area (Å²) in [5.41, 5.74) is 5.19. The maximum absolute atomic E-state index is 4.02. The van der Waals surface area contributed by atoms with E-state index in [1.807, 2.05) is 0 Å². The molecule has 148 valence electrons. The first-order valence-electron chi connectivity index (χ1n) is 10.6. The number of rotatable bonds is 4. The molecule has 4 unspecified atom stereocenters. The van der Waals surface area contributed by atoms with Crippen LogP contribution < -0.4 is 10.6 Å². The van der Waals surface area contributed by atoms with E-state index in [4.69, 9.17) is 0 Å². The van der Waals surface area contributed by atoms with Crippen LogP contribution in [0.3, 0.4) is 0 Å². The maximum atomic E-state index is 4.02. The summed E-state index contributed by atoms with van der Waals surface area (Å²) in [4.78, 5) is 0. The number of hydrogen-bond donors (Lipinski definition) is 2.